The molecule has 0 radical (unpaired) electrons. The van der Waals surface area contributed by atoms with Gasteiger partial charge in [0.25, 0.3) is 0 Å². The van der Waals surface area contributed by atoms with E-state index < -0.39 is 0 Å². The Morgan fingerprint density at radius 1 is 1.19 bits per heavy atom. The van der Waals surface area contributed by atoms with Gasteiger partial charge in [-0.2, -0.15) is 0 Å². The summed E-state index contributed by atoms with van der Waals surface area (Å²) in [5.74, 6) is 0. The van der Waals surface area contributed by atoms with Crippen molar-refractivity contribution < 1.29 is 0 Å². The van der Waals surface area contributed by atoms with Gasteiger partial charge < -0.3 is 10.1 Å². The van der Waals surface area contributed by atoms with Crippen LogP contribution in [0.5, 0.6) is 0 Å². The molecule has 0 saturated carbocycles. The van der Waals surface area contributed by atoms with Crippen LogP contribution in [0.2, 0.25) is 5.02 Å². The minimum absolute atomic E-state index is 0.0459. The highest BCUT2D eigenvalue weighted by atomic mass is 35.5. The first-order valence-electron chi connectivity index (χ1n) is 7.12. The van der Waals surface area contributed by atoms with Crippen LogP contribution in [-0.4, -0.2) is 9.38 Å². The van der Waals surface area contributed by atoms with Crippen molar-refractivity contribution in [3.63, 3.8) is 0 Å². The van der Waals surface area contributed by atoms with Gasteiger partial charge >= 0.3 is 0 Å². The lowest BCUT2D eigenvalue weighted by molar-refractivity contribution is 0.818. The Bertz CT molecular complexity index is 773. The normalized spacial score (nSPS) is 12.8. The Morgan fingerprint density at radius 2 is 1.90 bits per heavy atom. The van der Waals surface area contributed by atoms with Crippen molar-refractivity contribution in [2.24, 2.45) is 5.73 Å². The fourth-order valence-corrected chi connectivity index (χ4v) is 2.74. The number of imidazole rings is 1. The van der Waals surface area contributed by atoms with Crippen molar-refractivity contribution in [2.45, 2.75) is 26.3 Å². The minimum Gasteiger partial charge on any atom is -0.324 e. The summed E-state index contributed by atoms with van der Waals surface area (Å²) < 4.78 is 2.07. The molecule has 1 unspecified atom stereocenters. The number of nitrogens with two attached hydrogens (primary N) is 1. The predicted molar refractivity (Wildman–Crippen MR) is 87.6 cm³/mol. The quantitative estimate of drug-likeness (QED) is 0.786. The smallest absolute Gasteiger partial charge is 0.137 e. The summed E-state index contributed by atoms with van der Waals surface area (Å²) in [7, 11) is 0. The van der Waals surface area contributed by atoms with Gasteiger partial charge in [0.15, 0.2) is 0 Å². The van der Waals surface area contributed by atoms with Crippen LogP contribution < -0.4 is 5.73 Å². The molecule has 2 N–H and O–H groups in total. The van der Waals surface area contributed by atoms with Crippen LogP contribution >= 0.6 is 11.6 Å². The topological polar surface area (TPSA) is 43.3 Å². The van der Waals surface area contributed by atoms with Crippen LogP contribution in [0, 0.1) is 0 Å². The first kappa shape index (κ1) is 14.1. The summed E-state index contributed by atoms with van der Waals surface area (Å²) in [6.45, 7) is 4.11. The molecule has 21 heavy (non-hydrogen) atoms. The molecule has 3 nitrogen and oxygen atoms in total. The van der Waals surface area contributed by atoms with Gasteiger partial charge in [0.1, 0.15) is 5.65 Å². The number of hydrogen-bond acceptors (Lipinski definition) is 2. The van der Waals surface area contributed by atoms with Crippen molar-refractivity contribution in [1.29, 1.82) is 0 Å². The third kappa shape index (κ3) is 2.55. The number of fused-ring (bicyclic) bond motifs is 1. The lowest BCUT2D eigenvalue weighted by atomic mass is 10.0. The van der Waals surface area contributed by atoms with E-state index in [9.17, 15) is 0 Å². The van der Waals surface area contributed by atoms with E-state index in [4.69, 9.17) is 22.3 Å². The molecule has 3 aromatic rings. The maximum absolute atomic E-state index is 6.10. The van der Waals surface area contributed by atoms with Gasteiger partial charge in [-0.1, -0.05) is 42.8 Å². The Morgan fingerprint density at radius 3 is 2.52 bits per heavy atom. The number of nitrogens with zero attached hydrogens (tertiary/aromatic N) is 2. The largest absolute Gasteiger partial charge is 0.324 e. The van der Waals surface area contributed by atoms with Crippen LogP contribution in [0.1, 0.15) is 31.1 Å². The number of aromatic nitrogens is 2. The van der Waals surface area contributed by atoms with Crippen molar-refractivity contribution in [2.75, 3.05) is 0 Å². The second-order valence-corrected chi connectivity index (χ2v) is 5.68. The fraction of sp³-hybridized carbons (Fsp3) is 0.235. The molecule has 4 heteroatoms. The summed E-state index contributed by atoms with van der Waals surface area (Å²) in [4.78, 5) is 4.74. The third-order valence-corrected chi connectivity index (χ3v) is 3.95. The van der Waals surface area contributed by atoms with Crippen molar-refractivity contribution in [3.05, 3.63) is 58.9 Å². The molecular weight excluding hydrogens is 282 g/mol. The van der Waals surface area contributed by atoms with E-state index in [1.807, 2.05) is 25.3 Å². The molecule has 1 aromatic carbocycles. The molecule has 0 saturated heterocycles. The van der Waals surface area contributed by atoms with Crippen LogP contribution in [-0.2, 0) is 6.42 Å². The number of halogens is 1. The van der Waals surface area contributed by atoms with Crippen molar-refractivity contribution in [3.8, 4) is 11.3 Å². The Balaban J connectivity index is 2.15. The average Bonchev–Trinajstić information content (AvgIpc) is 2.85. The summed E-state index contributed by atoms with van der Waals surface area (Å²) in [5, 5.41) is 0.716. The first-order chi connectivity index (χ1) is 10.1. The monoisotopic (exact) mass is 299 g/mol. The molecule has 2 heterocycles. The SMILES string of the molecule is CCc1c(-c2ccc(C(C)N)cc2)nc2ccc(Cl)cn12. The zero-order valence-electron chi connectivity index (χ0n) is 12.2. The highest BCUT2D eigenvalue weighted by Gasteiger charge is 2.13. The maximum Gasteiger partial charge on any atom is 0.137 e. The predicted octanol–water partition coefficient (Wildman–Crippen LogP) is 4.24. The van der Waals surface area contributed by atoms with E-state index in [1.165, 1.54) is 5.69 Å². The Kier molecular flexibility index (Phi) is 3.70. The number of hydrogen-bond donors (Lipinski definition) is 1. The van der Waals surface area contributed by atoms with Crippen LogP contribution in [0.15, 0.2) is 42.6 Å². The summed E-state index contributed by atoms with van der Waals surface area (Å²) in [6.07, 6.45) is 2.81. The lowest BCUT2D eigenvalue weighted by Crippen LogP contribution is -2.04. The zero-order valence-corrected chi connectivity index (χ0v) is 12.9. The molecule has 2 aromatic heterocycles. The molecule has 0 amide bonds. The van der Waals surface area contributed by atoms with Crippen LogP contribution in [0.3, 0.4) is 0 Å². The molecule has 0 spiro atoms. The standard InChI is InChI=1S/C17H18ClN3/c1-3-15-17(13-6-4-12(5-7-13)11(2)19)20-16-9-8-14(18)10-21(15)16/h4-11H,3,19H2,1-2H3. The number of rotatable bonds is 3. The molecule has 3 rings (SSSR count). The highest BCUT2D eigenvalue weighted by Crippen LogP contribution is 2.27. The molecular formula is C17H18ClN3. The molecule has 1 atom stereocenters. The van der Waals surface area contributed by atoms with E-state index in [1.54, 1.807) is 0 Å². The van der Waals surface area contributed by atoms with E-state index in [-0.39, 0.29) is 6.04 Å². The summed E-state index contributed by atoms with van der Waals surface area (Å²) >= 11 is 6.10. The minimum atomic E-state index is 0.0459. The Labute approximate surface area is 129 Å². The van der Waals surface area contributed by atoms with E-state index >= 15 is 0 Å². The van der Waals surface area contributed by atoms with Gasteiger partial charge in [0.05, 0.1) is 16.4 Å². The van der Waals surface area contributed by atoms with Crippen LogP contribution in [0.4, 0.5) is 0 Å². The van der Waals surface area contributed by atoms with Gasteiger partial charge in [-0.25, -0.2) is 4.98 Å². The number of aryl methyl sites for hydroxylation is 1. The fourth-order valence-electron chi connectivity index (χ4n) is 2.58. The summed E-state index contributed by atoms with van der Waals surface area (Å²) in [5.41, 5.74) is 11.2. The van der Waals surface area contributed by atoms with Gasteiger partial charge in [-0.3, -0.25) is 0 Å². The van der Waals surface area contributed by atoms with Crippen molar-refractivity contribution >= 4 is 17.2 Å². The second kappa shape index (κ2) is 5.51. The highest BCUT2D eigenvalue weighted by molar-refractivity contribution is 6.30. The molecule has 0 aliphatic carbocycles. The van der Waals surface area contributed by atoms with Gasteiger partial charge in [-0.05, 0) is 31.0 Å². The van der Waals surface area contributed by atoms with Gasteiger partial charge in [0.2, 0.25) is 0 Å². The van der Waals surface area contributed by atoms with E-state index in [0.717, 1.165) is 28.9 Å². The molecule has 108 valence electrons. The van der Waals surface area contributed by atoms with Gasteiger partial charge in [-0.15, -0.1) is 0 Å². The molecule has 0 aliphatic rings. The average molecular weight is 300 g/mol. The maximum atomic E-state index is 6.10. The second-order valence-electron chi connectivity index (χ2n) is 5.25. The lowest BCUT2D eigenvalue weighted by Gasteiger charge is -2.07. The molecule has 0 fully saturated rings. The first-order valence-corrected chi connectivity index (χ1v) is 7.50. The number of benzene rings is 1. The van der Waals surface area contributed by atoms with Crippen molar-refractivity contribution in [1.82, 2.24) is 9.38 Å². The molecule has 0 aliphatic heterocycles. The third-order valence-electron chi connectivity index (χ3n) is 3.73. The number of pyridine rings is 1. The summed E-state index contributed by atoms with van der Waals surface area (Å²) in [6, 6.07) is 12.2. The van der Waals surface area contributed by atoms with Crippen LogP contribution in [0.25, 0.3) is 16.9 Å². The van der Waals surface area contributed by atoms with E-state index in [0.29, 0.717) is 5.02 Å². The van der Waals surface area contributed by atoms with Gasteiger partial charge in [0, 0.05) is 17.8 Å². The Hall–Kier alpha value is -1.84. The zero-order chi connectivity index (χ0) is 15.0. The molecule has 0 bridgehead atoms. The van der Waals surface area contributed by atoms with E-state index in [2.05, 4.69) is 35.6 Å².